The van der Waals surface area contributed by atoms with Crippen LogP contribution in [0, 0.1) is 18.8 Å². The van der Waals surface area contributed by atoms with Crippen LogP contribution in [0.1, 0.15) is 24.0 Å². The van der Waals surface area contributed by atoms with Gasteiger partial charge in [0.05, 0.1) is 5.75 Å². The van der Waals surface area contributed by atoms with E-state index in [1.165, 1.54) is 17.5 Å². The van der Waals surface area contributed by atoms with Gasteiger partial charge in [-0.3, -0.25) is 4.79 Å². The molecule has 1 aliphatic heterocycles. The van der Waals surface area contributed by atoms with Crippen LogP contribution < -0.4 is 5.73 Å². The van der Waals surface area contributed by atoms with Crippen LogP contribution in [-0.4, -0.2) is 35.7 Å². The number of halogens is 1. The fourth-order valence-electron chi connectivity index (χ4n) is 3.66. The van der Waals surface area contributed by atoms with Gasteiger partial charge in [-0.05, 0) is 37.2 Å². The zero-order chi connectivity index (χ0) is 14.8. The zero-order valence-corrected chi connectivity index (χ0v) is 14.7. The Labute approximate surface area is 143 Å². The minimum absolute atomic E-state index is 0. The molecule has 3 atom stereocenters. The molecule has 1 aliphatic carbocycles. The van der Waals surface area contributed by atoms with Gasteiger partial charge in [0, 0.05) is 24.9 Å². The lowest BCUT2D eigenvalue weighted by Gasteiger charge is -2.18. The van der Waals surface area contributed by atoms with E-state index in [1.54, 1.807) is 11.8 Å². The number of benzene rings is 1. The van der Waals surface area contributed by atoms with Gasteiger partial charge in [-0.25, -0.2) is 0 Å². The fourth-order valence-corrected chi connectivity index (χ4v) is 4.54. The van der Waals surface area contributed by atoms with Crippen LogP contribution in [0.3, 0.4) is 0 Å². The molecule has 0 bridgehead atoms. The fraction of sp³-hybridized carbons (Fsp3) is 0.588. The Bertz CT molecular complexity index is 525. The Kier molecular flexibility index (Phi) is 6.18. The number of hydrogen-bond acceptors (Lipinski definition) is 3. The third kappa shape index (κ3) is 3.98. The zero-order valence-electron chi connectivity index (χ0n) is 13.0. The van der Waals surface area contributed by atoms with Crippen LogP contribution >= 0.6 is 24.2 Å². The predicted octanol–water partition coefficient (Wildman–Crippen LogP) is 2.85. The van der Waals surface area contributed by atoms with Gasteiger partial charge in [-0.15, -0.1) is 24.2 Å². The highest BCUT2D eigenvalue weighted by atomic mass is 35.5. The van der Waals surface area contributed by atoms with Crippen LogP contribution in [0.4, 0.5) is 0 Å². The second-order valence-electron chi connectivity index (χ2n) is 6.45. The molecule has 2 N–H and O–H groups in total. The van der Waals surface area contributed by atoms with Crippen molar-refractivity contribution in [2.45, 2.75) is 31.6 Å². The van der Waals surface area contributed by atoms with Crippen LogP contribution in [-0.2, 0) is 10.5 Å². The molecule has 1 heterocycles. The second kappa shape index (κ2) is 7.71. The summed E-state index contributed by atoms with van der Waals surface area (Å²) in [5, 5.41) is 0. The first-order chi connectivity index (χ1) is 10.1. The third-order valence-electron chi connectivity index (χ3n) is 4.84. The number of aryl methyl sites for hydroxylation is 1. The number of nitrogens with zero attached hydrogens (tertiary/aromatic N) is 1. The number of thioether (sulfide) groups is 1. The van der Waals surface area contributed by atoms with Gasteiger partial charge in [-0.2, -0.15) is 0 Å². The Morgan fingerprint density at radius 3 is 2.91 bits per heavy atom. The molecule has 2 aliphatic rings. The summed E-state index contributed by atoms with van der Waals surface area (Å²) in [6.45, 7) is 3.92. The Morgan fingerprint density at radius 2 is 2.18 bits per heavy atom. The van der Waals surface area contributed by atoms with E-state index in [1.807, 2.05) is 4.90 Å². The number of carbonyl (C=O) groups is 1. The van der Waals surface area contributed by atoms with E-state index in [0.717, 1.165) is 25.3 Å². The van der Waals surface area contributed by atoms with E-state index < -0.39 is 0 Å². The minimum Gasteiger partial charge on any atom is -0.341 e. The summed E-state index contributed by atoms with van der Waals surface area (Å²) in [5.74, 6) is 2.99. The molecule has 1 aromatic rings. The average Bonchev–Trinajstić information content (AvgIpc) is 3.02. The minimum atomic E-state index is 0. The van der Waals surface area contributed by atoms with E-state index in [0.29, 0.717) is 23.6 Å². The van der Waals surface area contributed by atoms with Crippen molar-refractivity contribution in [2.75, 3.05) is 18.8 Å². The normalized spacial score (nSPS) is 26.6. The lowest BCUT2D eigenvalue weighted by atomic mass is 9.98. The lowest BCUT2D eigenvalue weighted by molar-refractivity contribution is -0.127. The van der Waals surface area contributed by atoms with E-state index in [-0.39, 0.29) is 18.3 Å². The molecule has 3 rings (SSSR count). The summed E-state index contributed by atoms with van der Waals surface area (Å²) in [4.78, 5) is 14.3. The summed E-state index contributed by atoms with van der Waals surface area (Å²) >= 11 is 1.72. The van der Waals surface area contributed by atoms with Gasteiger partial charge in [0.15, 0.2) is 0 Å². The van der Waals surface area contributed by atoms with Crippen LogP contribution in [0.25, 0.3) is 0 Å². The SMILES string of the molecule is Cc1cccc(CSCC(=O)N2CC3CCC(N)C3C2)c1.Cl. The van der Waals surface area contributed by atoms with E-state index in [2.05, 4.69) is 31.2 Å². The van der Waals surface area contributed by atoms with Crippen LogP contribution in [0.15, 0.2) is 24.3 Å². The van der Waals surface area contributed by atoms with Crippen molar-refractivity contribution < 1.29 is 4.79 Å². The molecule has 1 aromatic carbocycles. The maximum absolute atomic E-state index is 12.3. The van der Waals surface area contributed by atoms with Crippen molar-refractivity contribution in [1.29, 1.82) is 0 Å². The highest BCUT2D eigenvalue weighted by molar-refractivity contribution is 7.99. The number of fused-ring (bicyclic) bond motifs is 1. The van der Waals surface area contributed by atoms with Gasteiger partial charge in [0.1, 0.15) is 0 Å². The molecule has 1 saturated heterocycles. The number of carbonyl (C=O) groups excluding carboxylic acids is 1. The van der Waals surface area contributed by atoms with Crippen LogP contribution in [0.2, 0.25) is 0 Å². The number of nitrogens with two attached hydrogens (primary N) is 1. The summed E-state index contributed by atoms with van der Waals surface area (Å²) in [6.07, 6.45) is 2.34. The summed E-state index contributed by atoms with van der Waals surface area (Å²) in [7, 11) is 0. The molecule has 3 nitrogen and oxygen atoms in total. The summed E-state index contributed by atoms with van der Waals surface area (Å²) in [5.41, 5.74) is 8.71. The largest absolute Gasteiger partial charge is 0.341 e. The highest BCUT2D eigenvalue weighted by Crippen LogP contribution is 2.37. The standard InChI is InChI=1S/C17H24N2OS.ClH/c1-12-3-2-4-13(7-12)10-21-11-17(20)19-8-14-5-6-16(18)15(14)9-19;/h2-4,7,14-16H,5-6,8-11,18H2,1H3;1H. The van der Waals surface area contributed by atoms with Gasteiger partial charge >= 0.3 is 0 Å². The first-order valence-corrected chi connectivity index (χ1v) is 8.95. The maximum atomic E-state index is 12.3. The quantitative estimate of drug-likeness (QED) is 0.916. The first-order valence-electron chi connectivity index (χ1n) is 7.80. The van der Waals surface area contributed by atoms with Gasteiger partial charge < -0.3 is 10.6 Å². The molecular formula is C17H25ClN2OS. The second-order valence-corrected chi connectivity index (χ2v) is 7.43. The van der Waals surface area contributed by atoms with Crippen molar-refractivity contribution in [3.8, 4) is 0 Å². The summed E-state index contributed by atoms with van der Waals surface area (Å²) in [6, 6.07) is 8.81. The Hall–Kier alpha value is -0.710. The van der Waals surface area contributed by atoms with Crippen molar-refractivity contribution in [1.82, 2.24) is 4.90 Å². The molecule has 22 heavy (non-hydrogen) atoms. The first kappa shape index (κ1) is 17.6. The highest BCUT2D eigenvalue weighted by Gasteiger charge is 2.42. The number of rotatable bonds is 4. The molecular weight excluding hydrogens is 316 g/mol. The van der Waals surface area contributed by atoms with Gasteiger partial charge in [0.25, 0.3) is 0 Å². The van der Waals surface area contributed by atoms with Crippen molar-refractivity contribution >= 4 is 30.1 Å². The van der Waals surface area contributed by atoms with Crippen molar-refractivity contribution in [2.24, 2.45) is 17.6 Å². The van der Waals surface area contributed by atoms with Gasteiger partial charge in [-0.1, -0.05) is 29.8 Å². The molecule has 1 saturated carbocycles. The molecule has 1 amide bonds. The van der Waals surface area contributed by atoms with E-state index in [9.17, 15) is 4.79 Å². The number of amides is 1. The van der Waals surface area contributed by atoms with Crippen LogP contribution in [0.5, 0.6) is 0 Å². The molecule has 0 radical (unpaired) electrons. The molecule has 3 unspecified atom stereocenters. The molecule has 122 valence electrons. The average molecular weight is 341 g/mol. The molecule has 2 fully saturated rings. The molecule has 5 heteroatoms. The van der Waals surface area contributed by atoms with Crippen molar-refractivity contribution in [3.05, 3.63) is 35.4 Å². The molecule has 0 aromatic heterocycles. The smallest absolute Gasteiger partial charge is 0.232 e. The Balaban J connectivity index is 0.00000176. The predicted molar refractivity (Wildman–Crippen MR) is 95.4 cm³/mol. The topological polar surface area (TPSA) is 46.3 Å². The third-order valence-corrected chi connectivity index (χ3v) is 5.83. The monoisotopic (exact) mass is 340 g/mol. The van der Waals surface area contributed by atoms with Crippen molar-refractivity contribution in [3.63, 3.8) is 0 Å². The van der Waals surface area contributed by atoms with E-state index >= 15 is 0 Å². The van der Waals surface area contributed by atoms with Gasteiger partial charge in [0.2, 0.25) is 5.91 Å². The van der Waals surface area contributed by atoms with E-state index in [4.69, 9.17) is 5.73 Å². The number of hydrogen-bond donors (Lipinski definition) is 1. The Morgan fingerprint density at radius 1 is 1.36 bits per heavy atom. The summed E-state index contributed by atoms with van der Waals surface area (Å²) < 4.78 is 0. The number of likely N-dealkylation sites (tertiary alicyclic amines) is 1. The molecule has 0 spiro atoms. The lowest BCUT2D eigenvalue weighted by Crippen LogP contribution is -2.34. The maximum Gasteiger partial charge on any atom is 0.232 e.